The number of likely N-dealkylation sites (N-methyl/N-ethyl adjacent to an activating group) is 1. The fourth-order valence-electron chi connectivity index (χ4n) is 3.02. The predicted molar refractivity (Wildman–Crippen MR) is 86.0 cm³/mol. The van der Waals surface area contributed by atoms with Gasteiger partial charge in [-0.3, -0.25) is 4.79 Å². The van der Waals surface area contributed by atoms with Crippen LogP contribution in [0.3, 0.4) is 0 Å². The highest BCUT2D eigenvalue weighted by Crippen LogP contribution is 2.18. The van der Waals surface area contributed by atoms with E-state index in [0.717, 1.165) is 63.8 Å². The van der Waals surface area contributed by atoms with Crippen LogP contribution >= 0.6 is 0 Å². The second-order valence-corrected chi connectivity index (χ2v) is 6.54. The first-order chi connectivity index (χ1) is 10.6. The number of rotatable bonds is 2. The molecule has 0 atom stereocenters. The van der Waals surface area contributed by atoms with Gasteiger partial charge >= 0.3 is 0 Å². The van der Waals surface area contributed by atoms with Crippen molar-refractivity contribution in [3.05, 3.63) is 17.8 Å². The first kappa shape index (κ1) is 15.2. The van der Waals surface area contributed by atoms with Gasteiger partial charge in [0, 0.05) is 39.3 Å². The van der Waals surface area contributed by atoms with Crippen LogP contribution in [0, 0.1) is 5.92 Å². The summed E-state index contributed by atoms with van der Waals surface area (Å²) in [4.78, 5) is 18.9. The summed E-state index contributed by atoms with van der Waals surface area (Å²) in [5, 5.41) is 8.44. The summed E-state index contributed by atoms with van der Waals surface area (Å²) in [6, 6.07) is 3.75. The van der Waals surface area contributed by atoms with Crippen molar-refractivity contribution >= 4 is 11.7 Å². The van der Waals surface area contributed by atoms with Gasteiger partial charge in [-0.1, -0.05) is 6.92 Å². The summed E-state index contributed by atoms with van der Waals surface area (Å²) in [5.41, 5.74) is 0.465. The number of anilines is 1. The van der Waals surface area contributed by atoms with Crippen LogP contribution < -0.4 is 4.90 Å². The van der Waals surface area contributed by atoms with E-state index >= 15 is 0 Å². The Morgan fingerprint density at radius 2 is 1.73 bits per heavy atom. The summed E-state index contributed by atoms with van der Waals surface area (Å²) in [6.07, 6.45) is 2.16. The zero-order valence-electron chi connectivity index (χ0n) is 13.5. The minimum atomic E-state index is 0.0179. The van der Waals surface area contributed by atoms with Crippen LogP contribution in [0.5, 0.6) is 0 Å². The Bertz CT molecular complexity index is 502. The van der Waals surface area contributed by atoms with E-state index in [4.69, 9.17) is 0 Å². The third-order valence-electron chi connectivity index (χ3n) is 4.77. The van der Waals surface area contributed by atoms with Crippen molar-refractivity contribution in [2.24, 2.45) is 5.92 Å². The van der Waals surface area contributed by atoms with E-state index in [1.807, 2.05) is 17.0 Å². The molecule has 0 unspecified atom stereocenters. The van der Waals surface area contributed by atoms with Gasteiger partial charge in [0.1, 0.15) is 0 Å². The Hall–Kier alpha value is -1.69. The summed E-state index contributed by atoms with van der Waals surface area (Å²) < 4.78 is 0. The van der Waals surface area contributed by atoms with E-state index in [1.165, 1.54) is 0 Å². The van der Waals surface area contributed by atoms with Crippen molar-refractivity contribution in [1.82, 2.24) is 20.0 Å². The highest BCUT2D eigenvalue weighted by molar-refractivity contribution is 5.92. The van der Waals surface area contributed by atoms with Gasteiger partial charge in [-0.2, -0.15) is 0 Å². The van der Waals surface area contributed by atoms with E-state index in [1.54, 1.807) is 0 Å². The van der Waals surface area contributed by atoms with Crippen LogP contribution in [-0.2, 0) is 0 Å². The number of aromatic nitrogens is 2. The van der Waals surface area contributed by atoms with E-state index in [0.29, 0.717) is 5.69 Å². The molecule has 2 saturated heterocycles. The second kappa shape index (κ2) is 6.60. The molecular formula is C16H25N5O. The SMILES string of the molecule is CC1CCN(C(=O)c2ccc(N3CCN(C)CC3)nn2)CC1. The van der Waals surface area contributed by atoms with Crippen LogP contribution in [0.15, 0.2) is 12.1 Å². The molecule has 6 heteroatoms. The molecule has 0 radical (unpaired) electrons. The van der Waals surface area contributed by atoms with Gasteiger partial charge in [0.2, 0.25) is 0 Å². The Morgan fingerprint density at radius 3 is 2.32 bits per heavy atom. The molecule has 2 aliphatic rings. The molecule has 0 N–H and O–H groups in total. The molecule has 6 nitrogen and oxygen atoms in total. The molecule has 0 bridgehead atoms. The van der Waals surface area contributed by atoms with E-state index < -0.39 is 0 Å². The molecule has 120 valence electrons. The molecule has 0 aromatic carbocycles. The summed E-state index contributed by atoms with van der Waals surface area (Å²) in [7, 11) is 2.13. The number of hydrogen-bond acceptors (Lipinski definition) is 5. The van der Waals surface area contributed by atoms with Crippen molar-refractivity contribution in [1.29, 1.82) is 0 Å². The molecular weight excluding hydrogens is 278 g/mol. The second-order valence-electron chi connectivity index (χ2n) is 6.54. The number of hydrogen-bond donors (Lipinski definition) is 0. The maximum absolute atomic E-state index is 12.4. The van der Waals surface area contributed by atoms with Crippen LogP contribution in [0.4, 0.5) is 5.82 Å². The zero-order chi connectivity index (χ0) is 15.5. The number of likely N-dealkylation sites (tertiary alicyclic amines) is 1. The fraction of sp³-hybridized carbons (Fsp3) is 0.688. The molecule has 1 amide bonds. The largest absolute Gasteiger partial charge is 0.353 e. The van der Waals surface area contributed by atoms with Crippen LogP contribution in [0.25, 0.3) is 0 Å². The lowest BCUT2D eigenvalue weighted by molar-refractivity contribution is 0.0690. The van der Waals surface area contributed by atoms with E-state index in [2.05, 4.69) is 34.0 Å². The molecule has 3 heterocycles. The van der Waals surface area contributed by atoms with Crippen molar-refractivity contribution in [2.75, 3.05) is 51.2 Å². The fourth-order valence-corrected chi connectivity index (χ4v) is 3.02. The quantitative estimate of drug-likeness (QED) is 0.819. The van der Waals surface area contributed by atoms with Crippen LogP contribution in [0.1, 0.15) is 30.3 Å². The molecule has 2 fully saturated rings. The first-order valence-corrected chi connectivity index (χ1v) is 8.20. The van der Waals surface area contributed by atoms with E-state index in [-0.39, 0.29) is 5.91 Å². The van der Waals surface area contributed by atoms with Gasteiger partial charge in [0.15, 0.2) is 11.5 Å². The monoisotopic (exact) mass is 303 g/mol. The van der Waals surface area contributed by atoms with Crippen molar-refractivity contribution in [3.63, 3.8) is 0 Å². The summed E-state index contributed by atoms with van der Waals surface area (Å²) >= 11 is 0. The van der Waals surface area contributed by atoms with Gasteiger partial charge in [0.05, 0.1) is 0 Å². The van der Waals surface area contributed by atoms with Crippen molar-refractivity contribution < 1.29 is 4.79 Å². The molecule has 3 rings (SSSR count). The smallest absolute Gasteiger partial charge is 0.274 e. The van der Waals surface area contributed by atoms with Crippen molar-refractivity contribution in [2.45, 2.75) is 19.8 Å². The number of carbonyl (C=O) groups is 1. The maximum atomic E-state index is 12.4. The van der Waals surface area contributed by atoms with E-state index in [9.17, 15) is 4.79 Å². The summed E-state index contributed by atoms with van der Waals surface area (Å²) in [5.74, 6) is 1.61. The van der Waals surface area contributed by atoms with Gasteiger partial charge in [-0.15, -0.1) is 10.2 Å². The third-order valence-corrected chi connectivity index (χ3v) is 4.77. The minimum Gasteiger partial charge on any atom is -0.353 e. The Kier molecular flexibility index (Phi) is 4.57. The molecule has 0 spiro atoms. The van der Waals surface area contributed by atoms with Crippen LogP contribution in [0.2, 0.25) is 0 Å². The number of nitrogens with zero attached hydrogens (tertiary/aromatic N) is 5. The molecule has 1 aromatic rings. The lowest BCUT2D eigenvalue weighted by Gasteiger charge is -2.33. The zero-order valence-corrected chi connectivity index (χ0v) is 13.5. The third kappa shape index (κ3) is 3.38. The Balaban J connectivity index is 1.62. The molecule has 22 heavy (non-hydrogen) atoms. The standard InChI is InChI=1S/C16H25N5O/c1-13-5-7-21(8-6-13)16(22)14-3-4-15(18-17-14)20-11-9-19(2)10-12-20/h3-4,13H,5-12H2,1-2H3. The molecule has 1 aromatic heterocycles. The summed E-state index contributed by atoms with van der Waals surface area (Å²) in [6.45, 7) is 7.91. The Labute approximate surface area is 132 Å². The molecule has 0 saturated carbocycles. The highest BCUT2D eigenvalue weighted by atomic mass is 16.2. The molecule has 0 aliphatic carbocycles. The number of amides is 1. The molecule has 2 aliphatic heterocycles. The minimum absolute atomic E-state index is 0.0179. The average molecular weight is 303 g/mol. The number of piperazine rings is 1. The first-order valence-electron chi connectivity index (χ1n) is 8.20. The highest BCUT2D eigenvalue weighted by Gasteiger charge is 2.23. The average Bonchev–Trinajstić information content (AvgIpc) is 2.56. The Morgan fingerprint density at radius 1 is 1.05 bits per heavy atom. The number of piperidine rings is 1. The van der Waals surface area contributed by atoms with Gasteiger partial charge in [-0.05, 0) is 37.9 Å². The maximum Gasteiger partial charge on any atom is 0.274 e. The lowest BCUT2D eigenvalue weighted by Crippen LogP contribution is -2.45. The predicted octanol–water partition coefficient (Wildman–Crippen LogP) is 1.10. The van der Waals surface area contributed by atoms with Gasteiger partial charge in [0.25, 0.3) is 5.91 Å². The normalized spacial score (nSPS) is 21.2. The van der Waals surface area contributed by atoms with Gasteiger partial charge < -0.3 is 14.7 Å². The van der Waals surface area contributed by atoms with Crippen LogP contribution in [-0.4, -0.2) is 72.2 Å². The number of carbonyl (C=O) groups excluding carboxylic acids is 1. The van der Waals surface area contributed by atoms with Gasteiger partial charge in [-0.25, -0.2) is 0 Å². The lowest BCUT2D eigenvalue weighted by atomic mass is 9.99. The topological polar surface area (TPSA) is 52.6 Å². The van der Waals surface area contributed by atoms with Crippen molar-refractivity contribution in [3.8, 4) is 0 Å².